The summed E-state index contributed by atoms with van der Waals surface area (Å²) in [7, 11) is -3.10. The number of benzene rings is 2. The Morgan fingerprint density at radius 2 is 1.43 bits per heavy atom. The van der Waals surface area contributed by atoms with Crippen LogP contribution in [0.3, 0.4) is 0 Å². The van der Waals surface area contributed by atoms with Crippen molar-refractivity contribution in [2.75, 3.05) is 11.5 Å². The van der Waals surface area contributed by atoms with Gasteiger partial charge in [-0.1, -0.05) is 74.5 Å². The van der Waals surface area contributed by atoms with Gasteiger partial charge in [-0.3, -0.25) is 9.59 Å². The molecule has 0 bridgehead atoms. The predicted molar refractivity (Wildman–Crippen MR) is 117 cm³/mol. The van der Waals surface area contributed by atoms with E-state index in [-0.39, 0.29) is 29.2 Å². The Labute approximate surface area is 178 Å². The third kappa shape index (κ3) is 5.48. The molecule has 2 N–H and O–H groups in total. The van der Waals surface area contributed by atoms with Crippen molar-refractivity contribution >= 4 is 21.7 Å². The van der Waals surface area contributed by atoms with E-state index >= 15 is 0 Å². The second-order valence-corrected chi connectivity index (χ2v) is 10.3. The third-order valence-corrected chi connectivity index (χ3v) is 7.12. The lowest BCUT2D eigenvalue weighted by Crippen LogP contribution is -2.53. The number of hydrogen-bond donors (Lipinski definition) is 2. The predicted octanol–water partition coefficient (Wildman–Crippen LogP) is 2.26. The molecule has 30 heavy (non-hydrogen) atoms. The molecule has 0 radical (unpaired) electrons. The van der Waals surface area contributed by atoms with Crippen molar-refractivity contribution in [1.82, 2.24) is 10.6 Å². The molecule has 0 spiro atoms. The number of nitrogens with one attached hydrogen (secondary N) is 2. The van der Waals surface area contributed by atoms with Gasteiger partial charge in [-0.25, -0.2) is 8.42 Å². The van der Waals surface area contributed by atoms with Gasteiger partial charge in [0.25, 0.3) is 0 Å². The average molecular weight is 429 g/mol. The van der Waals surface area contributed by atoms with Crippen molar-refractivity contribution in [3.05, 3.63) is 71.8 Å². The van der Waals surface area contributed by atoms with Gasteiger partial charge in [-0.2, -0.15) is 0 Å². The second kappa shape index (κ2) is 9.43. The summed E-state index contributed by atoms with van der Waals surface area (Å²) in [4.78, 5) is 26.2. The van der Waals surface area contributed by atoms with E-state index in [9.17, 15) is 18.0 Å². The van der Waals surface area contributed by atoms with E-state index in [1.807, 2.05) is 74.5 Å². The van der Waals surface area contributed by atoms with Gasteiger partial charge in [-0.05, 0) is 23.5 Å². The lowest BCUT2D eigenvalue weighted by molar-refractivity contribution is -0.130. The van der Waals surface area contributed by atoms with Crippen LogP contribution >= 0.6 is 0 Å². The SMILES string of the molecule is CC(C)[C@H](NC(=O)C(c1ccccc1)c1ccccc1)C(=O)N[C@H]1CCS(=O)(=O)C1. The highest BCUT2D eigenvalue weighted by atomic mass is 32.2. The monoisotopic (exact) mass is 428 g/mol. The van der Waals surface area contributed by atoms with Crippen LogP contribution in [0.2, 0.25) is 0 Å². The minimum atomic E-state index is -3.10. The van der Waals surface area contributed by atoms with Crippen molar-refractivity contribution < 1.29 is 18.0 Å². The Bertz CT molecular complexity index is 935. The summed E-state index contributed by atoms with van der Waals surface area (Å²) in [6.45, 7) is 3.71. The molecule has 0 aliphatic carbocycles. The molecule has 3 rings (SSSR count). The summed E-state index contributed by atoms with van der Waals surface area (Å²) in [5.74, 6) is -1.28. The fourth-order valence-electron chi connectivity index (χ4n) is 3.76. The first-order valence-electron chi connectivity index (χ1n) is 10.2. The van der Waals surface area contributed by atoms with E-state index in [0.29, 0.717) is 6.42 Å². The molecule has 2 aromatic carbocycles. The highest BCUT2D eigenvalue weighted by Gasteiger charge is 2.33. The highest BCUT2D eigenvalue weighted by Crippen LogP contribution is 2.25. The molecule has 2 amide bonds. The van der Waals surface area contributed by atoms with Crippen LogP contribution in [0, 0.1) is 5.92 Å². The van der Waals surface area contributed by atoms with E-state index in [0.717, 1.165) is 11.1 Å². The van der Waals surface area contributed by atoms with E-state index in [4.69, 9.17) is 0 Å². The van der Waals surface area contributed by atoms with Gasteiger partial charge in [-0.15, -0.1) is 0 Å². The van der Waals surface area contributed by atoms with Gasteiger partial charge < -0.3 is 10.6 Å². The quantitative estimate of drug-likeness (QED) is 0.708. The molecule has 6 nitrogen and oxygen atoms in total. The van der Waals surface area contributed by atoms with Crippen LogP contribution in [0.4, 0.5) is 0 Å². The first-order valence-corrected chi connectivity index (χ1v) is 12.0. The maximum atomic E-state index is 13.3. The molecule has 0 aromatic heterocycles. The molecule has 0 unspecified atom stereocenters. The summed E-state index contributed by atoms with van der Waals surface area (Å²) in [5.41, 5.74) is 1.68. The standard InChI is InChI=1S/C23H28N2O4S/c1-16(2)21(23(27)24-19-13-14-30(28,29)15-19)25-22(26)20(17-9-5-3-6-10-17)18-11-7-4-8-12-18/h3-12,16,19-21H,13-15H2,1-2H3,(H,24,27)(H,25,26)/t19-,21-/m0/s1. The van der Waals surface area contributed by atoms with E-state index in [2.05, 4.69) is 10.6 Å². The Kier molecular flexibility index (Phi) is 6.92. The van der Waals surface area contributed by atoms with Crippen LogP contribution in [0.5, 0.6) is 0 Å². The van der Waals surface area contributed by atoms with Gasteiger partial charge in [0.1, 0.15) is 6.04 Å². The number of amides is 2. The second-order valence-electron chi connectivity index (χ2n) is 8.09. The van der Waals surface area contributed by atoms with Gasteiger partial charge in [0.15, 0.2) is 9.84 Å². The zero-order valence-electron chi connectivity index (χ0n) is 17.2. The Balaban J connectivity index is 1.79. The van der Waals surface area contributed by atoms with Gasteiger partial charge in [0.05, 0.1) is 17.4 Å². The Morgan fingerprint density at radius 3 is 1.87 bits per heavy atom. The molecule has 2 atom stereocenters. The largest absolute Gasteiger partial charge is 0.351 e. The van der Waals surface area contributed by atoms with Crippen molar-refractivity contribution in [3.63, 3.8) is 0 Å². The smallest absolute Gasteiger partial charge is 0.243 e. The first-order chi connectivity index (χ1) is 14.3. The summed E-state index contributed by atoms with van der Waals surface area (Å²) >= 11 is 0. The van der Waals surface area contributed by atoms with Gasteiger partial charge >= 0.3 is 0 Å². The van der Waals surface area contributed by atoms with Crippen molar-refractivity contribution in [2.45, 2.75) is 38.3 Å². The fourth-order valence-corrected chi connectivity index (χ4v) is 5.43. The van der Waals surface area contributed by atoms with Gasteiger partial charge in [0.2, 0.25) is 11.8 Å². The molecular formula is C23H28N2O4S. The van der Waals surface area contributed by atoms with E-state index < -0.39 is 27.8 Å². The molecule has 1 fully saturated rings. The zero-order chi connectivity index (χ0) is 21.7. The number of sulfone groups is 1. The maximum Gasteiger partial charge on any atom is 0.243 e. The normalized spacial score (nSPS) is 18.9. The number of carbonyl (C=O) groups excluding carboxylic acids is 2. The van der Waals surface area contributed by atoms with E-state index in [1.165, 1.54) is 0 Å². The molecule has 160 valence electrons. The molecule has 1 heterocycles. The summed E-state index contributed by atoms with van der Waals surface area (Å²) in [6.07, 6.45) is 0.406. The van der Waals surface area contributed by atoms with Crippen LogP contribution in [0.15, 0.2) is 60.7 Å². The summed E-state index contributed by atoms with van der Waals surface area (Å²) < 4.78 is 23.4. The first kappa shape index (κ1) is 22.0. The van der Waals surface area contributed by atoms with Gasteiger partial charge in [0, 0.05) is 6.04 Å². The van der Waals surface area contributed by atoms with Crippen molar-refractivity contribution in [3.8, 4) is 0 Å². The summed E-state index contributed by atoms with van der Waals surface area (Å²) in [6, 6.07) is 17.7. The van der Waals surface area contributed by atoms with E-state index in [1.54, 1.807) is 0 Å². The topological polar surface area (TPSA) is 92.3 Å². The minimum Gasteiger partial charge on any atom is -0.351 e. The number of hydrogen-bond acceptors (Lipinski definition) is 4. The molecule has 1 aliphatic heterocycles. The number of rotatable bonds is 7. The van der Waals surface area contributed by atoms with Crippen LogP contribution in [0.1, 0.15) is 37.3 Å². The molecule has 0 saturated carbocycles. The Hall–Kier alpha value is -2.67. The zero-order valence-corrected chi connectivity index (χ0v) is 18.1. The highest BCUT2D eigenvalue weighted by molar-refractivity contribution is 7.91. The lowest BCUT2D eigenvalue weighted by atomic mass is 9.89. The van der Waals surface area contributed by atoms with Crippen LogP contribution in [0.25, 0.3) is 0 Å². The lowest BCUT2D eigenvalue weighted by Gasteiger charge is -2.26. The van der Waals surface area contributed by atoms with Crippen LogP contribution < -0.4 is 10.6 Å². The molecular weight excluding hydrogens is 400 g/mol. The maximum absolute atomic E-state index is 13.3. The third-order valence-electron chi connectivity index (χ3n) is 5.35. The van der Waals surface area contributed by atoms with Crippen molar-refractivity contribution in [1.29, 1.82) is 0 Å². The van der Waals surface area contributed by atoms with Crippen molar-refractivity contribution in [2.24, 2.45) is 5.92 Å². The van der Waals surface area contributed by atoms with Crippen LogP contribution in [-0.2, 0) is 19.4 Å². The molecule has 1 aliphatic rings. The average Bonchev–Trinajstić information content (AvgIpc) is 3.05. The molecule has 1 saturated heterocycles. The fraction of sp³-hybridized carbons (Fsp3) is 0.391. The number of carbonyl (C=O) groups is 2. The molecule has 7 heteroatoms. The summed E-state index contributed by atoms with van der Waals surface area (Å²) in [5, 5.41) is 5.71. The minimum absolute atomic E-state index is 0.0475. The Morgan fingerprint density at radius 1 is 0.900 bits per heavy atom. The van der Waals surface area contributed by atoms with Crippen LogP contribution in [-0.4, -0.2) is 43.8 Å². The molecule has 2 aromatic rings.